The molecule has 1 aromatic carbocycles. The highest BCUT2D eigenvalue weighted by Gasteiger charge is 2.19. The number of imidazole rings is 1. The quantitative estimate of drug-likeness (QED) is 0.681. The van der Waals surface area contributed by atoms with Gasteiger partial charge in [0.05, 0.1) is 17.4 Å². The molecule has 0 N–H and O–H groups in total. The highest BCUT2D eigenvalue weighted by Crippen LogP contribution is 2.28. The van der Waals surface area contributed by atoms with Crippen LogP contribution in [0.15, 0.2) is 23.7 Å². The van der Waals surface area contributed by atoms with Gasteiger partial charge in [-0.1, -0.05) is 0 Å². The zero-order chi connectivity index (χ0) is 14.3. The second-order valence-corrected chi connectivity index (χ2v) is 5.99. The summed E-state index contributed by atoms with van der Waals surface area (Å²) < 4.78 is 29.0. The Morgan fingerprint density at radius 1 is 1.40 bits per heavy atom. The summed E-state index contributed by atoms with van der Waals surface area (Å²) in [5.74, 6) is -0.818. The molecule has 0 amide bonds. The summed E-state index contributed by atoms with van der Waals surface area (Å²) in [6, 6.07) is 2.09. The molecule has 3 aromatic rings. The van der Waals surface area contributed by atoms with Crippen molar-refractivity contribution in [1.29, 1.82) is 0 Å². The summed E-state index contributed by atoms with van der Waals surface area (Å²) in [7, 11) is 0. The lowest BCUT2D eigenvalue weighted by atomic mass is 10.3. The van der Waals surface area contributed by atoms with Gasteiger partial charge in [0.1, 0.15) is 22.2 Å². The van der Waals surface area contributed by atoms with Gasteiger partial charge >= 0.3 is 0 Å². The maximum absolute atomic E-state index is 13.8. The summed E-state index contributed by atoms with van der Waals surface area (Å²) >= 11 is 7.56. The molecule has 2 aromatic heterocycles. The number of nitrogens with zero attached hydrogens (tertiary/aromatic N) is 3. The average Bonchev–Trinajstić information content (AvgIpc) is 2.98. The lowest BCUT2D eigenvalue weighted by Gasteiger charge is -2.08. The van der Waals surface area contributed by atoms with Crippen LogP contribution in [0.5, 0.6) is 0 Å². The van der Waals surface area contributed by atoms with Crippen molar-refractivity contribution in [2.75, 3.05) is 0 Å². The van der Waals surface area contributed by atoms with Gasteiger partial charge in [-0.15, -0.1) is 22.9 Å². The molecule has 7 heteroatoms. The summed E-state index contributed by atoms with van der Waals surface area (Å²) in [5.41, 5.74) is 0.519. The number of fused-ring (bicyclic) bond motifs is 1. The van der Waals surface area contributed by atoms with Gasteiger partial charge in [-0.3, -0.25) is 0 Å². The molecule has 3 nitrogen and oxygen atoms in total. The van der Waals surface area contributed by atoms with Gasteiger partial charge in [0, 0.05) is 17.6 Å². The molecular formula is C13H10ClF2N3S. The monoisotopic (exact) mass is 313 g/mol. The SMILES string of the molecule is CC(Cl)c1nc2c(F)cc(F)cc2n1Cc1nccs1. The molecule has 0 saturated carbocycles. The van der Waals surface area contributed by atoms with Crippen molar-refractivity contribution in [3.63, 3.8) is 0 Å². The van der Waals surface area contributed by atoms with Gasteiger partial charge in [-0.25, -0.2) is 18.7 Å². The molecule has 0 aliphatic rings. The number of rotatable bonds is 3. The fraction of sp³-hybridized carbons (Fsp3) is 0.231. The Balaban J connectivity index is 2.23. The third kappa shape index (κ3) is 2.29. The van der Waals surface area contributed by atoms with Gasteiger partial charge < -0.3 is 4.57 Å². The van der Waals surface area contributed by atoms with E-state index >= 15 is 0 Å². The molecule has 1 unspecified atom stereocenters. The summed E-state index contributed by atoms with van der Waals surface area (Å²) in [4.78, 5) is 8.38. The van der Waals surface area contributed by atoms with E-state index in [-0.39, 0.29) is 5.52 Å². The summed E-state index contributed by atoms with van der Waals surface area (Å²) in [5, 5.41) is 2.26. The van der Waals surface area contributed by atoms with Crippen LogP contribution < -0.4 is 0 Å². The first-order valence-corrected chi connectivity index (χ1v) is 7.25. The van der Waals surface area contributed by atoms with Gasteiger partial charge in [-0.2, -0.15) is 0 Å². The van der Waals surface area contributed by atoms with E-state index in [0.717, 1.165) is 11.1 Å². The van der Waals surface area contributed by atoms with Crippen molar-refractivity contribution < 1.29 is 8.78 Å². The standard InChI is InChI=1S/C13H10ClF2N3S/c1-7(14)13-18-12-9(16)4-8(15)5-10(12)19(13)6-11-17-2-3-20-11/h2-5,7H,6H2,1H3. The average molecular weight is 314 g/mol. The Kier molecular flexibility index (Phi) is 3.43. The van der Waals surface area contributed by atoms with Crippen molar-refractivity contribution >= 4 is 34.0 Å². The van der Waals surface area contributed by atoms with Crippen LogP contribution in [0.25, 0.3) is 11.0 Å². The van der Waals surface area contributed by atoms with E-state index in [9.17, 15) is 8.78 Å². The van der Waals surface area contributed by atoms with E-state index in [1.54, 1.807) is 17.7 Å². The first kappa shape index (κ1) is 13.5. The molecular weight excluding hydrogens is 304 g/mol. The Morgan fingerprint density at radius 2 is 2.20 bits per heavy atom. The second-order valence-electron chi connectivity index (χ2n) is 4.35. The number of hydrogen-bond donors (Lipinski definition) is 0. The first-order chi connectivity index (χ1) is 9.56. The maximum Gasteiger partial charge on any atom is 0.153 e. The number of aromatic nitrogens is 3. The zero-order valence-electron chi connectivity index (χ0n) is 10.5. The lowest BCUT2D eigenvalue weighted by molar-refractivity contribution is 0.590. The molecule has 0 saturated heterocycles. The number of thiazole rings is 1. The molecule has 2 heterocycles. The molecule has 1 atom stereocenters. The Bertz CT molecular complexity index is 753. The molecule has 0 radical (unpaired) electrons. The van der Waals surface area contributed by atoms with Crippen molar-refractivity contribution in [2.45, 2.75) is 18.8 Å². The largest absolute Gasteiger partial charge is 0.320 e. The Morgan fingerprint density at radius 3 is 2.85 bits per heavy atom. The van der Waals surface area contributed by atoms with E-state index in [1.807, 2.05) is 5.38 Å². The number of halogens is 3. The fourth-order valence-corrected chi connectivity index (χ4v) is 2.87. The number of alkyl halides is 1. The third-order valence-electron chi connectivity index (χ3n) is 2.93. The number of benzene rings is 1. The minimum Gasteiger partial charge on any atom is -0.320 e. The predicted molar refractivity (Wildman–Crippen MR) is 75.1 cm³/mol. The zero-order valence-corrected chi connectivity index (χ0v) is 12.1. The highest BCUT2D eigenvalue weighted by atomic mass is 35.5. The topological polar surface area (TPSA) is 30.7 Å². The minimum absolute atomic E-state index is 0.130. The van der Waals surface area contributed by atoms with E-state index in [4.69, 9.17) is 11.6 Å². The van der Waals surface area contributed by atoms with Crippen LogP contribution in [0.4, 0.5) is 8.78 Å². The van der Waals surface area contributed by atoms with Crippen molar-refractivity contribution in [3.05, 3.63) is 46.2 Å². The predicted octanol–water partition coefficient (Wildman–Crippen LogP) is 4.12. The van der Waals surface area contributed by atoms with E-state index in [1.165, 1.54) is 17.4 Å². The smallest absolute Gasteiger partial charge is 0.153 e. The molecule has 0 fully saturated rings. The van der Waals surface area contributed by atoms with Crippen molar-refractivity contribution in [3.8, 4) is 0 Å². The molecule has 20 heavy (non-hydrogen) atoms. The molecule has 0 bridgehead atoms. The lowest BCUT2D eigenvalue weighted by Crippen LogP contribution is -2.05. The van der Waals surface area contributed by atoms with Gasteiger partial charge in [0.25, 0.3) is 0 Å². The minimum atomic E-state index is -0.684. The summed E-state index contributed by atoms with van der Waals surface area (Å²) in [6.45, 7) is 2.14. The van der Waals surface area contributed by atoms with Crippen LogP contribution in [0.3, 0.4) is 0 Å². The Hall–Kier alpha value is -1.53. The van der Waals surface area contributed by atoms with Gasteiger partial charge in [0.15, 0.2) is 5.82 Å². The highest BCUT2D eigenvalue weighted by molar-refractivity contribution is 7.09. The normalized spacial score (nSPS) is 13.0. The third-order valence-corrected chi connectivity index (χ3v) is 3.89. The van der Waals surface area contributed by atoms with Crippen LogP contribution in [0, 0.1) is 11.6 Å². The van der Waals surface area contributed by atoms with Crippen LogP contribution in [-0.4, -0.2) is 14.5 Å². The maximum atomic E-state index is 13.8. The molecule has 0 aliphatic carbocycles. The molecule has 3 rings (SSSR count). The number of hydrogen-bond acceptors (Lipinski definition) is 3. The molecule has 104 valence electrons. The van der Waals surface area contributed by atoms with Gasteiger partial charge in [-0.05, 0) is 13.0 Å². The van der Waals surface area contributed by atoms with E-state index in [2.05, 4.69) is 9.97 Å². The van der Waals surface area contributed by atoms with Crippen molar-refractivity contribution in [1.82, 2.24) is 14.5 Å². The first-order valence-electron chi connectivity index (χ1n) is 5.94. The van der Waals surface area contributed by atoms with Gasteiger partial charge in [0.2, 0.25) is 0 Å². The molecule has 0 aliphatic heterocycles. The van der Waals surface area contributed by atoms with Crippen LogP contribution >= 0.6 is 22.9 Å². The second kappa shape index (κ2) is 5.10. The fourth-order valence-electron chi connectivity index (χ4n) is 2.10. The Labute approximate surface area is 122 Å². The van der Waals surface area contributed by atoms with Crippen LogP contribution in [-0.2, 0) is 6.54 Å². The van der Waals surface area contributed by atoms with Crippen LogP contribution in [0.2, 0.25) is 0 Å². The van der Waals surface area contributed by atoms with E-state index in [0.29, 0.717) is 17.9 Å². The van der Waals surface area contributed by atoms with Crippen molar-refractivity contribution in [2.24, 2.45) is 0 Å². The van der Waals surface area contributed by atoms with Crippen LogP contribution in [0.1, 0.15) is 23.1 Å². The summed E-state index contributed by atoms with van der Waals surface area (Å²) in [6.07, 6.45) is 1.68. The molecule has 0 spiro atoms. The van der Waals surface area contributed by atoms with E-state index < -0.39 is 17.0 Å².